The molecule has 35 heavy (non-hydrogen) atoms. The third kappa shape index (κ3) is 14.1. The number of alkyl carbamates (subject to hydrolysis) is 1. The van der Waals surface area contributed by atoms with E-state index in [1.807, 2.05) is 0 Å². The second-order valence-electron chi connectivity index (χ2n) is 10.9. The lowest BCUT2D eigenvalue weighted by Crippen LogP contribution is -2.51. The quantitative estimate of drug-likeness (QED) is 0.212. The number of nitrogens with zero attached hydrogens (tertiary/aromatic N) is 1. The molecule has 0 heterocycles. The van der Waals surface area contributed by atoms with Gasteiger partial charge in [-0.05, 0) is 66.2 Å². The van der Waals surface area contributed by atoms with Gasteiger partial charge < -0.3 is 24.6 Å². The van der Waals surface area contributed by atoms with Gasteiger partial charge in [0.2, 0.25) is 0 Å². The van der Waals surface area contributed by atoms with Crippen LogP contribution in [0.4, 0.5) is 14.4 Å². The summed E-state index contributed by atoms with van der Waals surface area (Å²) in [6.07, 6.45) is -3.97. The zero-order valence-corrected chi connectivity index (χ0v) is 22.3. The summed E-state index contributed by atoms with van der Waals surface area (Å²) in [5.41, 5.74) is -1.85. The number of amides is 2. The van der Waals surface area contributed by atoms with Gasteiger partial charge in [-0.1, -0.05) is 27.7 Å². The van der Waals surface area contributed by atoms with Gasteiger partial charge in [-0.3, -0.25) is 4.84 Å². The molecule has 0 fully saturated rings. The first-order valence-corrected chi connectivity index (χ1v) is 11.4. The van der Waals surface area contributed by atoms with Gasteiger partial charge in [0.1, 0.15) is 17.2 Å². The predicted octanol–water partition coefficient (Wildman–Crippen LogP) is 4.26. The van der Waals surface area contributed by atoms with Crippen LogP contribution in [0.15, 0.2) is 0 Å². The first-order valence-electron chi connectivity index (χ1n) is 11.4. The van der Waals surface area contributed by atoms with Crippen molar-refractivity contribution in [2.75, 3.05) is 0 Å². The summed E-state index contributed by atoms with van der Waals surface area (Å²) < 4.78 is 15.3. The van der Waals surface area contributed by atoms with Crippen LogP contribution in [0, 0.1) is 11.8 Å². The zero-order chi connectivity index (χ0) is 27.7. The van der Waals surface area contributed by atoms with Gasteiger partial charge in [0.05, 0.1) is 0 Å². The minimum Gasteiger partial charge on any atom is -0.448 e. The number of carboxylic acid groups (broad SMARTS) is 1. The monoisotopic (exact) mass is 504 g/mol. The van der Waals surface area contributed by atoms with Crippen molar-refractivity contribution >= 4 is 30.3 Å². The lowest BCUT2D eigenvalue weighted by Gasteiger charge is -2.30. The van der Waals surface area contributed by atoms with Crippen molar-refractivity contribution in [1.82, 2.24) is 10.4 Å². The number of hydrogen-bond donors (Lipinski definition) is 2. The SMILES string of the molecule is CC(C)C[C@H](NC(=O)OC(C)(C)C)C(=O)OC(=O)[C@H](CC(C)C)N(OC(=O)O)C(=O)OC(C)(C)C. The highest BCUT2D eigenvalue weighted by molar-refractivity contribution is 5.93. The highest BCUT2D eigenvalue weighted by atomic mass is 16.8. The summed E-state index contributed by atoms with van der Waals surface area (Å²) in [7, 11) is 0. The Morgan fingerprint density at radius 3 is 1.69 bits per heavy atom. The molecule has 0 spiro atoms. The maximum absolute atomic E-state index is 13.0. The fraction of sp³-hybridized carbons (Fsp3) is 0.783. The van der Waals surface area contributed by atoms with Crippen LogP contribution < -0.4 is 5.32 Å². The molecule has 202 valence electrons. The molecule has 2 amide bonds. The summed E-state index contributed by atoms with van der Waals surface area (Å²) in [6, 6.07) is -2.85. The summed E-state index contributed by atoms with van der Waals surface area (Å²) >= 11 is 0. The Hall–Kier alpha value is -3.05. The van der Waals surface area contributed by atoms with Crippen molar-refractivity contribution < 1.29 is 48.1 Å². The number of ether oxygens (including phenoxy) is 3. The van der Waals surface area contributed by atoms with Crippen LogP contribution in [0.1, 0.15) is 82.1 Å². The van der Waals surface area contributed by atoms with E-state index in [4.69, 9.17) is 19.3 Å². The molecular formula is C23H40N2O10. The van der Waals surface area contributed by atoms with Gasteiger partial charge in [-0.15, -0.1) is 5.06 Å². The van der Waals surface area contributed by atoms with Crippen molar-refractivity contribution in [2.45, 2.75) is 105 Å². The van der Waals surface area contributed by atoms with Gasteiger partial charge in [0, 0.05) is 0 Å². The Bertz CT molecular complexity index is 765. The van der Waals surface area contributed by atoms with E-state index in [1.54, 1.807) is 69.2 Å². The highest BCUT2D eigenvalue weighted by Crippen LogP contribution is 2.20. The number of rotatable bonds is 8. The van der Waals surface area contributed by atoms with Crippen molar-refractivity contribution in [3.63, 3.8) is 0 Å². The van der Waals surface area contributed by atoms with Crippen LogP contribution in [0.3, 0.4) is 0 Å². The molecule has 0 saturated heterocycles. The second kappa shape index (κ2) is 13.1. The van der Waals surface area contributed by atoms with E-state index in [-0.39, 0.29) is 29.7 Å². The predicted molar refractivity (Wildman–Crippen MR) is 124 cm³/mol. The molecule has 0 aromatic rings. The molecule has 0 saturated carbocycles. The third-order valence-electron chi connectivity index (χ3n) is 3.88. The molecule has 2 atom stereocenters. The Labute approximate surface area is 206 Å². The zero-order valence-electron chi connectivity index (χ0n) is 22.3. The first-order chi connectivity index (χ1) is 15.7. The molecule has 0 rings (SSSR count). The van der Waals surface area contributed by atoms with Gasteiger partial charge >= 0.3 is 30.3 Å². The number of carbonyl (C=O) groups is 5. The molecule has 12 nitrogen and oxygen atoms in total. The van der Waals surface area contributed by atoms with Gasteiger partial charge in [0.25, 0.3) is 0 Å². The summed E-state index contributed by atoms with van der Waals surface area (Å²) in [4.78, 5) is 66.4. The molecule has 0 bridgehead atoms. The van der Waals surface area contributed by atoms with E-state index in [2.05, 4.69) is 10.2 Å². The number of nitrogens with one attached hydrogen (secondary N) is 1. The number of carbonyl (C=O) groups excluding carboxylic acids is 4. The molecule has 0 aliphatic carbocycles. The Balaban J connectivity index is 5.88. The Morgan fingerprint density at radius 2 is 1.29 bits per heavy atom. The summed E-state index contributed by atoms with van der Waals surface area (Å²) in [5, 5.41) is 11.7. The smallest absolute Gasteiger partial charge is 0.448 e. The van der Waals surface area contributed by atoms with Crippen LogP contribution >= 0.6 is 0 Å². The third-order valence-corrected chi connectivity index (χ3v) is 3.88. The maximum atomic E-state index is 13.0. The van der Waals surface area contributed by atoms with Crippen molar-refractivity contribution in [3.8, 4) is 0 Å². The Morgan fingerprint density at radius 1 is 0.800 bits per heavy atom. The van der Waals surface area contributed by atoms with E-state index in [1.165, 1.54) is 0 Å². The largest absolute Gasteiger partial charge is 0.531 e. The summed E-state index contributed by atoms with van der Waals surface area (Å²) in [5.74, 6) is -2.65. The minimum atomic E-state index is -1.87. The van der Waals surface area contributed by atoms with Crippen molar-refractivity contribution in [3.05, 3.63) is 0 Å². The fourth-order valence-corrected chi connectivity index (χ4v) is 2.73. The average molecular weight is 505 g/mol. The van der Waals surface area contributed by atoms with Gasteiger partial charge in [-0.25, -0.2) is 24.0 Å². The average Bonchev–Trinajstić information content (AvgIpc) is 2.59. The first kappa shape index (κ1) is 31.9. The lowest BCUT2D eigenvalue weighted by atomic mass is 10.0. The lowest BCUT2D eigenvalue weighted by molar-refractivity contribution is -0.181. The maximum Gasteiger partial charge on any atom is 0.531 e. The molecule has 0 unspecified atom stereocenters. The van der Waals surface area contributed by atoms with E-state index in [0.29, 0.717) is 0 Å². The topological polar surface area (TPSA) is 158 Å². The van der Waals surface area contributed by atoms with Gasteiger partial charge in [0.15, 0.2) is 6.04 Å². The van der Waals surface area contributed by atoms with E-state index >= 15 is 0 Å². The second-order valence-corrected chi connectivity index (χ2v) is 10.9. The molecule has 0 aromatic heterocycles. The normalized spacial score (nSPS) is 13.5. The number of esters is 2. The van der Waals surface area contributed by atoms with Crippen LogP contribution in [0.5, 0.6) is 0 Å². The standard InChI is InChI=1S/C23H40N2O10/c1-13(2)11-15(24-19(28)33-22(5,6)7)17(26)32-18(27)16(12-14(3)4)25(35-21(30)31)20(29)34-23(8,9)10/h13-16H,11-12H2,1-10H3,(H,24,28)(H,30,31)/t15-,16-/m0/s1. The number of hydrogen-bond acceptors (Lipinski definition) is 9. The molecule has 0 aliphatic rings. The van der Waals surface area contributed by atoms with Crippen molar-refractivity contribution in [2.24, 2.45) is 11.8 Å². The van der Waals surface area contributed by atoms with E-state index in [9.17, 15) is 24.0 Å². The fourth-order valence-electron chi connectivity index (χ4n) is 2.73. The molecule has 12 heteroatoms. The highest BCUT2D eigenvalue weighted by Gasteiger charge is 2.40. The van der Waals surface area contributed by atoms with E-state index < -0.39 is 53.6 Å². The number of hydroxylamine groups is 2. The molecule has 0 radical (unpaired) electrons. The van der Waals surface area contributed by atoms with Crippen LogP contribution in [-0.2, 0) is 28.6 Å². The van der Waals surface area contributed by atoms with Crippen molar-refractivity contribution in [1.29, 1.82) is 0 Å². The van der Waals surface area contributed by atoms with Crippen LogP contribution in [-0.4, -0.2) is 63.7 Å². The minimum absolute atomic E-state index is 0.0716. The molecule has 2 N–H and O–H groups in total. The summed E-state index contributed by atoms with van der Waals surface area (Å²) in [6.45, 7) is 16.6. The molecular weight excluding hydrogens is 464 g/mol. The van der Waals surface area contributed by atoms with Gasteiger partial charge in [-0.2, -0.15) is 0 Å². The Kier molecular flexibility index (Phi) is 12.0. The molecule has 0 aliphatic heterocycles. The molecule has 0 aromatic carbocycles. The van der Waals surface area contributed by atoms with E-state index in [0.717, 1.165) is 0 Å². The van der Waals surface area contributed by atoms with Crippen LogP contribution in [0.2, 0.25) is 0 Å². The van der Waals surface area contributed by atoms with Crippen LogP contribution in [0.25, 0.3) is 0 Å².